The summed E-state index contributed by atoms with van der Waals surface area (Å²) >= 11 is 0. The summed E-state index contributed by atoms with van der Waals surface area (Å²) in [6, 6.07) is 11.8. The standard InChI is InChI=1S/C29H32N2O8.2ClH/c1-34-24-11-7-19(6-10-23(32)21-15-26(35-2)28(37-4)27(16-21)36-3)14-25(24)38-12-5-13-39-29(33)20-8-9-22(17-30)31-18-20;;/h6-11,14-16,18H,5,12-13,17,30H2,1-4H3;2*1H/b10-6+;;. The van der Waals surface area contributed by atoms with Crippen LogP contribution in [0.25, 0.3) is 6.08 Å². The van der Waals surface area contributed by atoms with E-state index in [1.807, 2.05) is 0 Å². The summed E-state index contributed by atoms with van der Waals surface area (Å²) in [5.41, 5.74) is 7.67. The van der Waals surface area contributed by atoms with E-state index in [9.17, 15) is 9.59 Å². The second kappa shape index (κ2) is 17.6. The number of carbonyl (C=O) groups is 2. The van der Waals surface area contributed by atoms with Crippen molar-refractivity contribution in [2.45, 2.75) is 13.0 Å². The largest absolute Gasteiger partial charge is 0.493 e. The molecule has 0 bridgehead atoms. The molecule has 0 atom stereocenters. The molecule has 2 N–H and O–H groups in total. The van der Waals surface area contributed by atoms with Crippen molar-refractivity contribution in [1.82, 2.24) is 4.98 Å². The molecule has 222 valence electrons. The lowest BCUT2D eigenvalue weighted by molar-refractivity contribution is 0.0485. The number of rotatable bonds is 14. The third-order valence-electron chi connectivity index (χ3n) is 5.61. The predicted molar refractivity (Wildman–Crippen MR) is 159 cm³/mol. The highest BCUT2D eigenvalue weighted by Gasteiger charge is 2.16. The molecule has 0 aliphatic carbocycles. The Morgan fingerprint density at radius 1 is 0.805 bits per heavy atom. The summed E-state index contributed by atoms with van der Waals surface area (Å²) < 4.78 is 32.5. The van der Waals surface area contributed by atoms with Crippen LogP contribution in [0.3, 0.4) is 0 Å². The van der Waals surface area contributed by atoms with E-state index in [4.69, 9.17) is 34.2 Å². The molecule has 0 aliphatic rings. The minimum atomic E-state index is -0.465. The quantitative estimate of drug-likeness (QED) is 0.116. The maximum absolute atomic E-state index is 12.8. The first-order chi connectivity index (χ1) is 18.9. The Hall–Kier alpha value is -3.99. The molecular weight excluding hydrogens is 575 g/mol. The lowest BCUT2D eigenvalue weighted by atomic mass is 10.1. The number of ketones is 1. The molecule has 0 saturated carbocycles. The van der Waals surface area contributed by atoms with Gasteiger partial charge in [0.15, 0.2) is 28.8 Å². The summed E-state index contributed by atoms with van der Waals surface area (Å²) in [5.74, 6) is 1.50. The van der Waals surface area contributed by atoms with E-state index in [2.05, 4.69) is 4.98 Å². The van der Waals surface area contributed by atoms with Gasteiger partial charge >= 0.3 is 5.97 Å². The zero-order valence-electron chi connectivity index (χ0n) is 23.2. The second-order valence-electron chi connectivity index (χ2n) is 8.10. The zero-order valence-corrected chi connectivity index (χ0v) is 24.8. The molecule has 2 aromatic carbocycles. The van der Waals surface area contributed by atoms with E-state index in [1.54, 1.807) is 48.5 Å². The minimum absolute atomic E-state index is 0. The Kier molecular flexibility index (Phi) is 15.1. The first-order valence-electron chi connectivity index (χ1n) is 12.1. The van der Waals surface area contributed by atoms with Crippen molar-refractivity contribution in [3.63, 3.8) is 0 Å². The van der Waals surface area contributed by atoms with Crippen LogP contribution in [-0.2, 0) is 11.3 Å². The van der Waals surface area contributed by atoms with Crippen molar-refractivity contribution in [3.05, 3.63) is 77.1 Å². The molecule has 10 nitrogen and oxygen atoms in total. The molecule has 1 aromatic heterocycles. The topological polar surface area (TPSA) is 128 Å². The Bertz CT molecular complexity index is 1290. The van der Waals surface area contributed by atoms with Gasteiger partial charge in [0.05, 0.1) is 52.9 Å². The maximum atomic E-state index is 12.8. The number of benzene rings is 2. The second-order valence-corrected chi connectivity index (χ2v) is 8.10. The molecule has 0 spiro atoms. The third-order valence-corrected chi connectivity index (χ3v) is 5.61. The molecule has 0 fully saturated rings. The number of nitrogens with two attached hydrogens (primary N) is 1. The van der Waals surface area contributed by atoms with Gasteiger partial charge in [0.1, 0.15) is 0 Å². The van der Waals surface area contributed by atoms with Crippen molar-refractivity contribution >= 4 is 42.6 Å². The van der Waals surface area contributed by atoms with Gasteiger partial charge in [-0.15, -0.1) is 24.8 Å². The highest BCUT2D eigenvalue weighted by Crippen LogP contribution is 2.38. The van der Waals surface area contributed by atoms with Crippen LogP contribution in [0.15, 0.2) is 54.7 Å². The van der Waals surface area contributed by atoms with Gasteiger partial charge in [-0.25, -0.2) is 4.79 Å². The van der Waals surface area contributed by atoms with Crippen molar-refractivity contribution in [3.8, 4) is 28.7 Å². The third kappa shape index (κ3) is 9.56. The molecule has 12 heteroatoms. The van der Waals surface area contributed by atoms with Gasteiger partial charge in [-0.05, 0) is 48.0 Å². The smallest absolute Gasteiger partial charge is 0.339 e. The van der Waals surface area contributed by atoms with E-state index in [1.165, 1.54) is 40.7 Å². The van der Waals surface area contributed by atoms with Crippen LogP contribution in [0.2, 0.25) is 0 Å². The Morgan fingerprint density at radius 2 is 1.49 bits per heavy atom. The first-order valence-corrected chi connectivity index (χ1v) is 12.1. The molecule has 0 aliphatic heterocycles. The normalized spacial score (nSPS) is 10.2. The molecule has 1 heterocycles. The number of methoxy groups -OCH3 is 4. The van der Waals surface area contributed by atoms with Crippen molar-refractivity contribution < 1.29 is 38.0 Å². The van der Waals surface area contributed by atoms with Crippen molar-refractivity contribution in [1.29, 1.82) is 0 Å². The number of hydrogen-bond donors (Lipinski definition) is 1. The van der Waals surface area contributed by atoms with E-state index in [0.717, 1.165) is 5.56 Å². The van der Waals surface area contributed by atoms with Crippen LogP contribution in [0.4, 0.5) is 0 Å². The average Bonchev–Trinajstić information content (AvgIpc) is 2.98. The molecule has 0 amide bonds. The lowest BCUT2D eigenvalue weighted by Gasteiger charge is -2.13. The van der Waals surface area contributed by atoms with Crippen LogP contribution in [0.5, 0.6) is 28.7 Å². The van der Waals surface area contributed by atoms with Gasteiger partial charge in [-0.1, -0.05) is 12.1 Å². The van der Waals surface area contributed by atoms with Crippen molar-refractivity contribution in [2.75, 3.05) is 41.7 Å². The summed E-state index contributed by atoms with van der Waals surface area (Å²) in [6.07, 6.45) is 5.02. The van der Waals surface area contributed by atoms with Crippen LogP contribution >= 0.6 is 24.8 Å². The Balaban J connectivity index is 0.00000420. The highest BCUT2D eigenvalue weighted by molar-refractivity contribution is 6.07. The summed E-state index contributed by atoms with van der Waals surface area (Å²) in [5, 5.41) is 0. The van der Waals surface area contributed by atoms with Gasteiger partial charge in [-0.2, -0.15) is 0 Å². The molecule has 3 rings (SSSR count). The molecular formula is C29H34Cl2N2O8. The van der Waals surface area contributed by atoms with Gasteiger partial charge in [0.25, 0.3) is 0 Å². The van der Waals surface area contributed by atoms with Crippen LogP contribution in [0.1, 0.15) is 38.4 Å². The van der Waals surface area contributed by atoms with Crippen LogP contribution < -0.4 is 29.4 Å². The molecule has 3 aromatic rings. The number of esters is 1. The van der Waals surface area contributed by atoms with Gasteiger partial charge in [0.2, 0.25) is 5.75 Å². The van der Waals surface area contributed by atoms with Crippen LogP contribution in [-0.4, -0.2) is 58.4 Å². The van der Waals surface area contributed by atoms with Gasteiger partial charge < -0.3 is 34.2 Å². The fraction of sp³-hybridized carbons (Fsp3) is 0.276. The fourth-order valence-corrected chi connectivity index (χ4v) is 3.56. The number of carbonyl (C=O) groups excluding carboxylic acids is 2. The fourth-order valence-electron chi connectivity index (χ4n) is 3.56. The Morgan fingerprint density at radius 3 is 2.05 bits per heavy atom. The minimum Gasteiger partial charge on any atom is -0.493 e. The van der Waals surface area contributed by atoms with Crippen molar-refractivity contribution in [2.24, 2.45) is 5.73 Å². The van der Waals surface area contributed by atoms with Gasteiger partial charge in [-0.3, -0.25) is 9.78 Å². The van der Waals surface area contributed by atoms with E-state index in [-0.39, 0.29) is 43.8 Å². The monoisotopic (exact) mass is 608 g/mol. The first kappa shape index (κ1) is 35.0. The van der Waals surface area contributed by atoms with E-state index < -0.39 is 5.97 Å². The number of allylic oxidation sites excluding steroid dienone is 1. The molecule has 0 unspecified atom stereocenters. The highest BCUT2D eigenvalue weighted by atomic mass is 35.5. The lowest BCUT2D eigenvalue weighted by Crippen LogP contribution is -2.10. The van der Waals surface area contributed by atoms with E-state index in [0.29, 0.717) is 58.5 Å². The maximum Gasteiger partial charge on any atom is 0.339 e. The number of aromatic nitrogens is 1. The van der Waals surface area contributed by atoms with Crippen LogP contribution in [0, 0.1) is 0 Å². The summed E-state index contributed by atoms with van der Waals surface area (Å²) in [6.45, 7) is 0.755. The average molecular weight is 610 g/mol. The number of hydrogen-bond acceptors (Lipinski definition) is 10. The Labute approximate surface area is 251 Å². The molecule has 0 radical (unpaired) electrons. The number of ether oxygens (including phenoxy) is 6. The van der Waals surface area contributed by atoms with E-state index >= 15 is 0 Å². The van der Waals surface area contributed by atoms with Gasteiger partial charge in [0, 0.05) is 24.7 Å². The summed E-state index contributed by atoms with van der Waals surface area (Å²) in [7, 11) is 6.02. The number of pyridine rings is 1. The predicted octanol–water partition coefficient (Wildman–Crippen LogP) is 4.94. The number of nitrogens with zero attached hydrogens (tertiary/aromatic N) is 1. The molecule has 0 saturated heterocycles. The molecule has 41 heavy (non-hydrogen) atoms. The summed E-state index contributed by atoms with van der Waals surface area (Å²) in [4.78, 5) is 29.1. The zero-order chi connectivity index (χ0) is 28.2. The number of halogens is 2. The SMILES string of the molecule is COc1ccc(/C=C/C(=O)c2cc(OC)c(OC)c(OC)c2)cc1OCCCOC(=O)c1ccc(CN)nc1.Cl.Cl.